The lowest BCUT2D eigenvalue weighted by molar-refractivity contribution is 0.557. The Morgan fingerprint density at radius 1 is 1.43 bits per heavy atom. The molecule has 0 aliphatic carbocycles. The van der Waals surface area contributed by atoms with Crippen molar-refractivity contribution < 1.29 is 8.81 Å². The van der Waals surface area contributed by atoms with Gasteiger partial charge in [0.15, 0.2) is 0 Å². The van der Waals surface area contributed by atoms with Crippen molar-refractivity contribution in [2.24, 2.45) is 0 Å². The van der Waals surface area contributed by atoms with Crippen LogP contribution in [0.25, 0.3) is 11.5 Å². The van der Waals surface area contributed by atoms with Crippen molar-refractivity contribution in [3.63, 3.8) is 0 Å². The zero-order valence-electron chi connectivity index (χ0n) is 6.94. The Hall–Kier alpha value is -2.22. The highest BCUT2D eigenvalue weighted by atomic mass is 19.1. The minimum Gasteiger partial charge on any atom is -0.423 e. The third kappa shape index (κ3) is 1.33. The van der Waals surface area contributed by atoms with Crippen molar-refractivity contribution in [2.75, 3.05) is 0 Å². The van der Waals surface area contributed by atoms with Gasteiger partial charge in [-0.3, -0.25) is 0 Å². The second-order valence-corrected chi connectivity index (χ2v) is 2.55. The number of benzene rings is 1. The summed E-state index contributed by atoms with van der Waals surface area (Å²) in [5, 5.41) is 15.5. The topological polar surface area (TPSA) is 62.7 Å². The number of nitriles is 1. The second kappa shape index (κ2) is 3.26. The second-order valence-electron chi connectivity index (χ2n) is 2.55. The summed E-state index contributed by atoms with van der Waals surface area (Å²) in [6.45, 7) is 0. The molecule has 4 nitrogen and oxygen atoms in total. The van der Waals surface area contributed by atoms with Crippen molar-refractivity contribution in [3.8, 4) is 17.5 Å². The van der Waals surface area contributed by atoms with Crippen molar-refractivity contribution in [3.05, 3.63) is 36.0 Å². The van der Waals surface area contributed by atoms with Crippen molar-refractivity contribution in [1.82, 2.24) is 10.2 Å². The summed E-state index contributed by atoms with van der Waals surface area (Å²) in [5.41, 5.74) is 0.451. The van der Waals surface area contributed by atoms with Crippen LogP contribution in [0.15, 0.2) is 29.0 Å². The lowest BCUT2D eigenvalue weighted by Crippen LogP contribution is -1.86. The Bertz CT molecular complexity index is 487. The number of nitrogens with zero attached hydrogens (tertiary/aromatic N) is 3. The maximum Gasteiger partial charge on any atom is 0.250 e. The lowest BCUT2D eigenvalue weighted by Gasteiger charge is -1.96. The van der Waals surface area contributed by atoms with Crippen molar-refractivity contribution in [2.45, 2.75) is 0 Å². The molecule has 2 rings (SSSR count). The van der Waals surface area contributed by atoms with Gasteiger partial charge in [-0.1, -0.05) is 0 Å². The first kappa shape index (κ1) is 8.38. The first-order chi connectivity index (χ1) is 6.81. The smallest absolute Gasteiger partial charge is 0.250 e. The minimum absolute atomic E-state index is 0.104. The van der Waals surface area contributed by atoms with Crippen molar-refractivity contribution in [1.29, 1.82) is 5.26 Å². The molecule has 0 aliphatic rings. The molecular weight excluding hydrogens is 185 g/mol. The summed E-state index contributed by atoms with van der Waals surface area (Å²) in [6.07, 6.45) is 1.12. The van der Waals surface area contributed by atoms with Crippen LogP contribution < -0.4 is 0 Å². The summed E-state index contributed by atoms with van der Waals surface area (Å²) in [4.78, 5) is 0. The molecule has 14 heavy (non-hydrogen) atoms. The van der Waals surface area contributed by atoms with E-state index in [9.17, 15) is 4.39 Å². The largest absolute Gasteiger partial charge is 0.423 e. The Labute approximate surface area is 78.6 Å². The molecule has 2 aromatic rings. The van der Waals surface area contributed by atoms with Gasteiger partial charge < -0.3 is 4.42 Å². The molecule has 0 N–H and O–H groups in total. The molecular formula is C9H4FN3O. The third-order valence-electron chi connectivity index (χ3n) is 1.69. The number of hydrogen-bond acceptors (Lipinski definition) is 4. The standard InChI is InChI=1S/C9H4FN3O/c10-8-3-6(4-11)1-2-7(8)9-13-12-5-14-9/h1-3,5H. The predicted octanol–water partition coefficient (Wildman–Crippen LogP) is 1.75. The molecule has 0 bridgehead atoms. The van der Waals surface area contributed by atoms with E-state index in [1.165, 1.54) is 12.1 Å². The Morgan fingerprint density at radius 3 is 2.86 bits per heavy atom. The molecule has 0 fully saturated rings. The van der Waals surface area contributed by atoms with E-state index in [0.29, 0.717) is 0 Å². The summed E-state index contributed by atoms with van der Waals surface area (Å²) < 4.78 is 18.2. The van der Waals surface area contributed by atoms with E-state index in [1.54, 1.807) is 0 Å². The molecule has 1 aromatic heterocycles. The molecule has 0 spiro atoms. The predicted molar refractivity (Wildman–Crippen MR) is 44.4 cm³/mol. The number of rotatable bonds is 1. The average molecular weight is 189 g/mol. The molecule has 1 heterocycles. The first-order valence-corrected chi connectivity index (χ1v) is 3.77. The van der Waals surface area contributed by atoms with Gasteiger partial charge in [0.2, 0.25) is 12.3 Å². The van der Waals surface area contributed by atoms with Gasteiger partial charge in [0.1, 0.15) is 5.82 Å². The fraction of sp³-hybridized carbons (Fsp3) is 0. The normalized spacial score (nSPS) is 9.71. The van der Waals surface area contributed by atoms with E-state index < -0.39 is 5.82 Å². The minimum atomic E-state index is -0.548. The van der Waals surface area contributed by atoms with Crippen LogP contribution in [0.4, 0.5) is 4.39 Å². The Morgan fingerprint density at radius 2 is 2.29 bits per heavy atom. The maximum absolute atomic E-state index is 13.3. The first-order valence-electron chi connectivity index (χ1n) is 3.77. The summed E-state index contributed by atoms with van der Waals surface area (Å²) >= 11 is 0. The molecule has 5 heteroatoms. The van der Waals surface area contributed by atoms with E-state index >= 15 is 0 Å². The monoisotopic (exact) mass is 189 g/mol. The highest BCUT2D eigenvalue weighted by molar-refractivity contribution is 5.55. The molecule has 0 radical (unpaired) electrons. The summed E-state index contributed by atoms with van der Waals surface area (Å²) in [5.74, 6) is -0.444. The van der Waals surface area contributed by atoms with Gasteiger partial charge in [-0.25, -0.2) is 4.39 Å². The zero-order valence-corrected chi connectivity index (χ0v) is 6.94. The fourth-order valence-electron chi connectivity index (χ4n) is 1.05. The van der Waals surface area contributed by atoms with Crippen LogP contribution in [-0.4, -0.2) is 10.2 Å². The molecule has 0 unspecified atom stereocenters. The van der Waals surface area contributed by atoms with E-state index in [-0.39, 0.29) is 17.0 Å². The summed E-state index contributed by atoms with van der Waals surface area (Å²) in [6, 6.07) is 5.88. The lowest BCUT2D eigenvalue weighted by atomic mass is 10.1. The van der Waals surface area contributed by atoms with Gasteiger partial charge in [-0.2, -0.15) is 5.26 Å². The number of aromatic nitrogens is 2. The maximum atomic E-state index is 13.3. The number of hydrogen-bond donors (Lipinski definition) is 0. The van der Waals surface area contributed by atoms with Crippen LogP contribution >= 0.6 is 0 Å². The SMILES string of the molecule is N#Cc1ccc(-c2nnco2)c(F)c1. The Balaban J connectivity index is 2.52. The average Bonchev–Trinajstić information content (AvgIpc) is 2.70. The van der Waals surface area contributed by atoms with Crippen LogP contribution in [-0.2, 0) is 0 Å². The Kier molecular flexibility index (Phi) is 1.95. The molecule has 0 atom stereocenters. The van der Waals surface area contributed by atoms with Gasteiger partial charge in [0.05, 0.1) is 17.2 Å². The molecule has 0 saturated heterocycles. The molecule has 0 amide bonds. The van der Waals surface area contributed by atoms with E-state index in [2.05, 4.69) is 10.2 Å². The van der Waals surface area contributed by atoms with Crippen molar-refractivity contribution >= 4 is 0 Å². The van der Waals surface area contributed by atoms with Gasteiger partial charge in [-0.15, -0.1) is 10.2 Å². The molecule has 0 aliphatic heterocycles. The van der Waals surface area contributed by atoms with E-state index in [0.717, 1.165) is 12.5 Å². The van der Waals surface area contributed by atoms with Crippen LogP contribution in [0.3, 0.4) is 0 Å². The van der Waals surface area contributed by atoms with Crippen LogP contribution in [0, 0.1) is 17.1 Å². The van der Waals surface area contributed by atoms with Gasteiger partial charge in [0, 0.05) is 0 Å². The van der Waals surface area contributed by atoms with Crippen LogP contribution in [0.5, 0.6) is 0 Å². The van der Waals surface area contributed by atoms with Crippen LogP contribution in [0.1, 0.15) is 5.56 Å². The summed E-state index contributed by atoms with van der Waals surface area (Å²) in [7, 11) is 0. The van der Waals surface area contributed by atoms with Gasteiger partial charge in [0.25, 0.3) is 0 Å². The highest BCUT2D eigenvalue weighted by Crippen LogP contribution is 2.20. The van der Waals surface area contributed by atoms with Gasteiger partial charge in [-0.05, 0) is 18.2 Å². The zero-order chi connectivity index (χ0) is 9.97. The molecule has 0 saturated carbocycles. The quantitative estimate of drug-likeness (QED) is 0.685. The number of halogens is 1. The van der Waals surface area contributed by atoms with Crippen LogP contribution in [0.2, 0.25) is 0 Å². The fourth-order valence-corrected chi connectivity index (χ4v) is 1.05. The molecule has 1 aromatic carbocycles. The van der Waals surface area contributed by atoms with E-state index in [1.807, 2.05) is 6.07 Å². The highest BCUT2D eigenvalue weighted by Gasteiger charge is 2.10. The van der Waals surface area contributed by atoms with E-state index in [4.69, 9.17) is 9.68 Å². The van der Waals surface area contributed by atoms with Gasteiger partial charge >= 0.3 is 0 Å². The molecule has 68 valence electrons. The third-order valence-corrected chi connectivity index (χ3v) is 1.69.